The Bertz CT molecular complexity index is 566. The largest absolute Gasteiger partial charge is 0.438 e. The van der Waals surface area contributed by atoms with Gasteiger partial charge < -0.3 is 14.5 Å². The van der Waals surface area contributed by atoms with Crippen LogP contribution in [0.1, 0.15) is 27.8 Å². The maximum absolute atomic E-state index is 11.8. The molecule has 1 aromatic carbocycles. The van der Waals surface area contributed by atoms with Gasteiger partial charge in [0.15, 0.2) is 6.39 Å². The summed E-state index contributed by atoms with van der Waals surface area (Å²) in [4.78, 5) is 15.5. The van der Waals surface area contributed by atoms with Gasteiger partial charge in [-0.2, -0.15) is 0 Å². The van der Waals surface area contributed by atoms with E-state index in [9.17, 15) is 4.79 Å². The van der Waals surface area contributed by atoms with Gasteiger partial charge in [0.2, 0.25) is 5.76 Å². The van der Waals surface area contributed by atoms with Crippen LogP contribution in [0.4, 0.5) is 0 Å². The molecule has 0 bridgehead atoms. The number of carbonyl (C=O) groups excluding carboxylic acids is 1. The van der Waals surface area contributed by atoms with Gasteiger partial charge in [-0.25, -0.2) is 4.98 Å². The second-order valence-electron chi connectivity index (χ2n) is 4.38. The predicted molar refractivity (Wildman–Crippen MR) is 67.7 cm³/mol. The highest BCUT2D eigenvalue weighted by Crippen LogP contribution is 2.26. The highest BCUT2D eigenvalue weighted by Gasteiger charge is 2.21. The van der Waals surface area contributed by atoms with Gasteiger partial charge in [0, 0.05) is 6.54 Å². The first kappa shape index (κ1) is 11.9. The zero-order valence-corrected chi connectivity index (χ0v) is 10.3. The number of carbonyl (C=O) groups is 1. The number of fused-ring (bicyclic) bond motifs is 1. The Balaban J connectivity index is 1.67. The molecule has 2 aromatic rings. The van der Waals surface area contributed by atoms with Crippen molar-refractivity contribution in [2.75, 3.05) is 13.2 Å². The molecular formula is C14H14N2O3. The molecule has 1 aromatic heterocycles. The van der Waals surface area contributed by atoms with Crippen molar-refractivity contribution >= 4 is 5.91 Å². The van der Waals surface area contributed by atoms with E-state index < -0.39 is 0 Å². The Labute approximate surface area is 110 Å². The summed E-state index contributed by atoms with van der Waals surface area (Å²) in [5.41, 5.74) is 2.43. The Kier molecular flexibility index (Phi) is 3.29. The monoisotopic (exact) mass is 258 g/mol. The summed E-state index contributed by atoms with van der Waals surface area (Å²) in [6.07, 6.45) is 3.45. The summed E-state index contributed by atoms with van der Waals surface area (Å²) < 4.78 is 10.7. The van der Waals surface area contributed by atoms with Crippen LogP contribution in [0.2, 0.25) is 0 Å². The lowest BCUT2D eigenvalue weighted by Gasteiger charge is -2.26. The van der Waals surface area contributed by atoms with Crippen LogP contribution in [0.5, 0.6) is 0 Å². The van der Waals surface area contributed by atoms with Crippen LogP contribution in [-0.4, -0.2) is 24.0 Å². The van der Waals surface area contributed by atoms with Gasteiger partial charge in [0.25, 0.3) is 5.91 Å². The molecule has 3 rings (SSSR count). The van der Waals surface area contributed by atoms with E-state index in [2.05, 4.69) is 16.4 Å². The topological polar surface area (TPSA) is 64.4 Å². The summed E-state index contributed by atoms with van der Waals surface area (Å²) in [5, 5.41) is 2.80. The van der Waals surface area contributed by atoms with Crippen LogP contribution in [0, 0.1) is 0 Å². The molecule has 0 saturated carbocycles. The Morgan fingerprint density at radius 2 is 2.32 bits per heavy atom. The Morgan fingerprint density at radius 3 is 3.16 bits per heavy atom. The van der Waals surface area contributed by atoms with E-state index in [1.54, 1.807) is 0 Å². The van der Waals surface area contributed by atoms with Crippen molar-refractivity contribution in [2.24, 2.45) is 0 Å². The number of benzene rings is 1. The quantitative estimate of drug-likeness (QED) is 0.910. The molecule has 5 nitrogen and oxygen atoms in total. The molecule has 1 N–H and O–H groups in total. The number of hydrogen-bond donors (Lipinski definition) is 1. The minimum atomic E-state index is -0.274. The van der Waals surface area contributed by atoms with Gasteiger partial charge in [-0.15, -0.1) is 0 Å². The van der Waals surface area contributed by atoms with Gasteiger partial charge in [0.05, 0.1) is 12.8 Å². The summed E-state index contributed by atoms with van der Waals surface area (Å²) >= 11 is 0. The van der Waals surface area contributed by atoms with E-state index in [-0.39, 0.29) is 17.8 Å². The number of aromatic nitrogens is 1. The average molecular weight is 258 g/mol. The number of hydrogen-bond acceptors (Lipinski definition) is 4. The van der Waals surface area contributed by atoms with Crippen molar-refractivity contribution in [3.63, 3.8) is 0 Å². The lowest BCUT2D eigenvalue weighted by molar-refractivity contribution is 0.0408. The summed E-state index contributed by atoms with van der Waals surface area (Å²) in [7, 11) is 0. The molecular weight excluding hydrogens is 244 g/mol. The normalized spacial score (nSPS) is 17.8. The first-order valence-corrected chi connectivity index (χ1v) is 6.20. The molecule has 1 aliphatic heterocycles. The summed E-state index contributed by atoms with van der Waals surface area (Å²) in [6, 6.07) is 8.15. The van der Waals surface area contributed by atoms with Crippen LogP contribution in [0.25, 0.3) is 0 Å². The van der Waals surface area contributed by atoms with E-state index in [0.717, 1.165) is 12.0 Å². The zero-order valence-electron chi connectivity index (χ0n) is 10.3. The van der Waals surface area contributed by atoms with E-state index in [4.69, 9.17) is 9.15 Å². The number of nitrogens with one attached hydrogen (secondary N) is 1. The molecule has 0 aliphatic carbocycles. The molecule has 5 heteroatoms. The molecule has 1 atom stereocenters. The molecule has 98 valence electrons. The molecule has 0 unspecified atom stereocenters. The van der Waals surface area contributed by atoms with Gasteiger partial charge in [-0.3, -0.25) is 4.79 Å². The van der Waals surface area contributed by atoms with Crippen molar-refractivity contribution in [1.82, 2.24) is 10.3 Å². The number of oxazole rings is 1. The summed E-state index contributed by atoms with van der Waals surface area (Å²) in [6.45, 7) is 1.11. The minimum absolute atomic E-state index is 0.100. The van der Waals surface area contributed by atoms with Crippen LogP contribution in [0.15, 0.2) is 41.3 Å². The molecule has 19 heavy (non-hydrogen) atoms. The predicted octanol–water partition coefficient (Wildman–Crippen LogP) is 1.72. The SMILES string of the molecule is O=C(NC[C@H]1OCCc2ccccc21)c1cnco1. The van der Waals surface area contributed by atoms with Crippen molar-refractivity contribution in [3.05, 3.63) is 53.7 Å². The number of ether oxygens (including phenoxy) is 1. The first-order valence-electron chi connectivity index (χ1n) is 6.20. The average Bonchev–Trinajstić information content (AvgIpc) is 2.99. The van der Waals surface area contributed by atoms with Gasteiger partial charge >= 0.3 is 0 Å². The Hall–Kier alpha value is -2.14. The maximum atomic E-state index is 11.8. The van der Waals surface area contributed by atoms with E-state index in [1.165, 1.54) is 18.2 Å². The lowest BCUT2D eigenvalue weighted by Crippen LogP contribution is -2.31. The smallest absolute Gasteiger partial charge is 0.288 e. The van der Waals surface area contributed by atoms with Crippen molar-refractivity contribution in [3.8, 4) is 0 Å². The fourth-order valence-corrected chi connectivity index (χ4v) is 2.25. The third-order valence-electron chi connectivity index (χ3n) is 3.20. The molecule has 0 radical (unpaired) electrons. The van der Waals surface area contributed by atoms with E-state index in [0.29, 0.717) is 13.2 Å². The number of rotatable bonds is 3. The third-order valence-corrected chi connectivity index (χ3v) is 3.20. The fraction of sp³-hybridized carbons (Fsp3) is 0.286. The van der Waals surface area contributed by atoms with Crippen LogP contribution in [0.3, 0.4) is 0 Å². The van der Waals surface area contributed by atoms with E-state index >= 15 is 0 Å². The molecule has 0 spiro atoms. The molecule has 1 amide bonds. The fourth-order valence-electron chi connectivity index (χ4n) is 2.25. The second-order valence-corrected chi connectivity index (χ2v) is 4.38. The highest BCUT2D eigenvalue weighted by atomic mass is 16.5. The lowest BCUT2D eigenvalue weighted by atomic mass is 9.97. The Morgan fingerprint density at radius 1 is 1.42 bits per heavy atom. The zero-order chi connectivity index (χ0) is 13.1. The van der Waals surface area contributed by atoms with Crippen molar-refractivity contribution < 1.29 is 13.9 Å². The van der Waals surface area contributed by atoms with Gasteiger partial charge in [0.1, 0.15) is 6.10 Å². The van der Waals surface area contributed by atoms with Crippen molar-refractivity contribution in [2.45, 2.75) is 12.5 Å². The molecule has 2 heterocycles. The molecule has 1 aliphatic rings. The maximum Gasteiger partial charge on any atom is 0.288 e. The van der Waals surface area contributed by atoms with Crippen molar-refractivity contribution in [1.29, 1.82) is 0 Å². The first-order chi connectivity index (χ1) is 9.34. The van der Waals surface area contributed by atoms with Gasteiger partial charge in [-0.05, 0) is 17.5 Å². The number of nitrogens with zero attached hydrogens (tertiary/aromatic N) is 1. The van der Waals surface area contributed by atoms with E-state index in [1.807, 2.05) is 18.2 Å². The van der Waals surface area contributed by atoms with Crippen LogP contribution in [-0.2, 0) is 11.2 Å². The minimum Gasteiger partial charge on any atom is -0.438 e. The highest BCUT2D eigenvalue weighted by molar-refractivity contribution is 5.91. The second kappa shape index (κ2) is 5.24. The number of amides is 1. The van der Waals surface area contributed by atoms with Gasteiger partial charge in [-0.1, -0.05) is 24.3 Å². The standard InChI is InChI=1S/C14H14N2O3/c17-14(13-7-15-9-19-13)16-8-12-11-4-2-1-3-10(11)5-6-18-12/h1-4,7,9,12H,5-6,8H2,(H,16,17)/t12-/m1/s1. The van der Waals surface area contributed by atoms with Crippen LogP contribution >= 0.6 is 0 Å². The summed E-state index contributed by atoms with van der Waals surface area (Å²) in [5.74, 6) is -0.0618. The third kappa shape index (κ3) is 2.51. The molecule has 0 fully saturated rings. The van der Waals surface area contributed by atoms with Crippen LogP contribution < -0.4 is 5.32 Å². The molecule has 0 saturated heterocycles.